The molecule has 0 bridgehead atoms. The predicted octanol–water partition coefficient (Wildman–Crippen LogP) is 2.03. The molecule has 1 rings (SSSR count). The summed E-state index contributed by atoms with van der Waals surface area (Å²) in [5.41, 5.74) is 0. The van der Waals surface area contributed by atoms with Crippen LogP contribution in [0.15, 0.2) is 0 Å². The van der Waals surface area contributed by atoms with Crippen molar-refractivity contribution in [3.05, 3.63) is 0 Å². The lowest BCUT2D eigenvalue weighted by Crippen LogP contribution is -2.44. The van der Waals surface area contributed by atoms with Crippen LogP contribution in [0.5, 0.6) is 0 Å². The van der Waals surface area contributed by atoms with E-state index in [4.69, 9.17) is 5.11 Å². The van der Waals surface area contributed by atoms with Gasteiger partial charge in [-0.2, -0.15) is 0 Å². The molecular formula is C11H25NO. The van der Waals surface area contributed by atoms with E-state index in [1.807, 2.05) is 6.92 Å². The largest absolute Gasteiger partial charge is 0.396 e. The van der Waals surface area contributed by atoms with E-state index in [0.717, 1.165) is 24.3 Å². The standard InChI is InChI=1S/C8H17N.C3H8O/c1-6(2)7-4-5-8(7)9-3;1-2-3-4/h6-9H,4-5H2,1-3H3;4H,2-3H2,1H3. The van der Waals surface area contributed by atoms with Crippen molar-refractivity contribution in [1.29, 1.82) is 0 Å². The molecule has 0 aromatic heterocycles. The van der Waals surface area contributed by atoms with Crippen LogP contribution in [0.1, 0.15) is 40.0 Å². The van der Waals surface area contributed by atoms with Crippen LogP contribution in [0.2, 0.25) is 0 Å². The zero-order valence-electron chi connectivity index (χ0n) is 9.51. The Hall–Kier alpha value is -0.0800. The first-order valence-electron chi connectivity index (χ1n) is 5.45. The predicted molar refractivity (Wildman–Crippen MR) is 57.8 cm³/mol. The van der Waals surface area contributed by atoms with Crippen LogP contribution in [0.25, 0.3) is 0 Å². The number of rotatable bonds is 3. The smallest absolute Gasteiger partial charge is 0.0428 e. The lowest BCUT2D eigenvalue weighted by atomic mass is 9.73. The number of hydrogen-bond acceptors (Lipinski definition) is 2. The monoisotopic (exact) mass is 187 g/mol. The molecule has 0 amide bonds. The maximum Gasteiger partial charge on any atom is 0.0428 e. The van der Waals surface area contributed by atoms with Crippen LogP contribution in [-0.2, 0) is 0 Å². The Balaban J connectivity index is 0.000000310. The second kappa shape index (κ2) is 7.34. The minimum absolute atomic E-state index is 0.319. The van der Waals surface area contributed by atoms with Gasteiger partial charge in [0.25, 0.3) is 0 Å². The third-order valence-electron chi connectivity index (χ3n) is 2.78. The van der Waals surface area contributed by atoms with Crippen molar-refractivity contribution in [3.63, 3.8) is 0 Å². The Morgan fingerprint density at radius 3 is 2.00 bits per heavy atom. The molecule has 0 spiro atoms. The van der Waals surface area contributed by atoms with Gasteiger partial charge >= 0.3 is 0 Å². The van der Waals surface area contributed by atoms with Crippen molar-refractivity contribution in [3.8, 4) is 0 Å². The van der Waals surface area contributed by atoms with Crippen LogP contribution in [0.4, 0.5) is 0 Å². The molecule has 0 radical (unpaired) electrons. The number of hydrogen-bond donors (Lipinski definition) is 2. The van der Waals surface area contributed by atoms with Gasteiger partial charge in [0.15, 0.2) is 0 Å². The normalized spacial score (nSPS) is 26.3. The molecule has 1 aliphatic rings. The molecule has 13 heavy (non-hydrogen) atoms. The topological polar surface area (TPSA) is 32.3 Å². The SMILES string of the molecule is CCCO.CNC1CCC1C(C)C. The highest BCUT2D eigenvalue weighted by Gasteiger charge is 2.31. The third kappa shape index (κ3) is 4.63. The van der Waals surface area contributed by atoms with Gasteiger partial charge in [-0.1, -0.05) is 20.8 Å². The first-order chi connectivity index (χ1) is 6.17. The van der Waals surface area contributed by atoms with Gasteiger partial charge in [0, 0.05) is 12.6 Å². The summed E-state index contributed by atoms with van der Waals surface area (Å²) in [5.74, 6) is 1.83. The maximum absolute atomic E-state index is 7.88. The Labute approximate surface area is 82.7 Å². The summed E-state index contributed by atoms with van der Waals surface area (Å²) in [6.45, 7) is 6.88. The summed E-state index contributed by atoms with van der Waals surface area (Å²) in [7, 11) is 2.07. The fourth-order valence-electron chi connectivity index (χ4n) is 1.68. The van der Waals surface area contributed by atoms with E-state index in [0.29, 0.717) is 6.61 Å². The van der Waals surface area contributed by atoms with Crippen molar-refractivity contribution >= 4 is 0 Å². The quantitative estimate of drug-likeness (QED) is 0.708. The van der Waals surface area contributed by atoms with Crippen molar-refractivity contribution < 1.29 is 5.11 Å². The van der Waals surface area contributed by atoms with Gasteiger partial charge in [0.2, 0.25) is 0 Å². The first kappa shape index (κ1) is 12.9. The number of nitrogens with one attached hydrogen (secondary N) is 1. The summed E-state index contributed by atoms with van der Waals surface area (Å²) < 4.78 is 0. The van der Waals surface area contributed by atoms with E-state index in [1.54, 1.807) is 0 Å². The molecule has 2 nitrogen and oxygen atoms in total. The Kier molecular flexibility index (Phi) is 7.29. The Bertz CT molecular complexity index is 111. The molecule has 0 saturated heterocycles. The molecule has 0 aromatic rings. The number of aliphatic hydroxyl groups is 1. The average Bonchev–Trinajstić information content (AvgIpc) is 2.03. The molecule has 1 saturated carbocycles. The molecule has 2 N–H and O–H groups in total. The molecule has 0 aromatic carbocycles. The lowest BCUT2D eigenvalue weighted by Gasteiger charge is -2.39. The first-order valence-corrected chi connectivity index (χ1v) is 5.45. The third-order valence-corrected chi connectivity index (χ3v) is 2.78. The highest BCUT2D eigenvalue weighted by Crippen LogP contribution is 2.33. The summed E-state index contributed by atoms with van der Waals surface area (Å²) in [4.78, 5) is 0. The molecule has 1 fully saturated rings. The highest BCUT2D eigenvalue weighted by molar-refractivity contribution is 4.87. The second-order valence-corrected chi connectivity index (χ2v) is 4.10. The Morgan fingerprint density at radius 1 is 1.38 bits per heavy atom. The van der Waals surface area contributed by atoms with Crippen LogP contribution in [-0.4, -0.2) is 24.8 Å². The number of aliphatic hydroxyl groups excluding tert-OH is 1. The summed E-state index contributed by atoms with van der Waals surface area (Å²) in [6.07, 6.45) is 3.70. The van der Waals surface area contributed by atoms with E-state index >= 15 is 0 Å². The van der Waals surface area contributed by atoms with Gasteiger partial charge < -0.3 is 10.4 Å². The van der Waals surface area contributed by atoms with Crippen LogP contribution < -0.4 is 5.32 Å². The van der Waals surface area contributed by atoms with Gasteiger partial charge in [-0.25, -0.2) is 0 Å². The summed E-state index contributed by atoms with van der Waals surface area (Å²) in [6, 6.07) is 0.824. The fraction of sp³-hybridized carbons (Fsp3) is 1.00. The van der Waals surface area contributed by atoms with E-state index in [2.05, 4.69) is 26.2 Å². The van der Waals surface area contributed by atoms with Crippen molar-refractivity contribution in [2.75, 3.05) is 13.7 Å². The minimum Gasteiger partial charge on any atom is -0.396 e. The molecule has 2 unspecified atom stereocenters. The Morgan fingerprint density at radius 2 is 1.92 bits per heavy atom. The van der Waals surface area contributed by atoms with E-state index in [1.165, 1.54) is 12.8 Å². The van der Waals surface area contributed by atoms with Gasteiger partial charge in [0.1, 0.15) is 0 Å². The summed E-state index contributed by atoms with van der Waals surface area (Å²) >= 11 is 0. The van der Waals surface area contributed by atoms with Crippen LogP contribution in [0.3, 0.4) is 0 Å². The molecule has 0 heterocycles. The summed E-state index contributed by atoms with van der Waals surface area (Å²) in [5, 5.41) is 11.2. The van der Waals surface area contributed by atoms with Crippen molar-refractivity contribution in [2.45, 2.75) is 46.1 Å². The van der Waals surface area contributed by atoms with Gasteiger partial charge in [-0.05, 0) is 38.1 Å². The van der Waals surface area contributed by atoms with Gasteiger partial charge in [0.05, 0.1) is 0 Å². The molecular weight excluding hydrogens is 162 g/mol. The van der Waals surface area contributed by atoms with Crippen LogP contribution >= 0.6 is 0 Å². The van der Waals surface area contributed by atoms with E-state index in [9.17, 15) is 0 Å². The van der Waals surface area contributed by atoms with E-state index in [-0.39, 0.29) is 0 Å². The van der Waals surface area contributed by atoms with Crippen molar-refractivity contribution in [2.24, 2.45) is 11.8 Å². The van der Waals surface area contributed by atoms with Crippen molar-refractivity contribution in [1.82, 2.24) is 5.32 Å². The fourth-order valence-corrected chi connectivity index (χ4v) is 1.68. The highest BCUT2D eigenvalue weighted by atomic mass is 16.2. The maximum atomic E-state index is 7.88. The molecule has 1 aliphatic carbocycles. The van der Waals surface area contributed by atoms with Crippen LogP contribution in [0, 0.1) is 11.8 Å². The molecule has 2 heteroatoms. The van der Waals surface area contributed by atoms with Gasteiger partial charge in [-0.3, -0.25) is 0 Å². The second-order valence-electron chi connectivity index (χ2n) is 4.10. The lowest BCUT2D eigenvalue weighted by molar-refractivity contribution is 0.163. The molecule has 2 atom stereocenters. The van der Waals surface area contributed by atoms with Gasteiger partial charge in [-0.15, -0.1) is 0 Å². The zero-order chi connectivity index (χ0) is 10.3. The average molecular weight is 187 g/mol. The molecule has 80 valence electrons. The minimum atomic E-state index is 0.319. The zero-order valence-corrected chi connectivity index (χ0v) is 9.51. The van der Waals surface area contributed by atoms with E-state index < -0.39 is 0 Å². The molecule has 0 aliphatic heterocycles.